The van der Waals surface area contributed by atoms with Gasteiger partial charge in [0.2, 0.25) is 5.69 Å². The molecule has 2 aromatic carbocycles. The first-order valence-corrected chi connectivity index (χ1v) is 7.15. The average Bonchev–Trinajstić information content (AvgIpc) is 2.77. The van der Waals surface area contributed by atoms with Crippen LogP contribution in [0.2, 0.25) is 0 Å². The maximum Gasteiger partial charge on any atom is 0.201 e. The molecule has 3 rings (SSSR count). The van der Waals surface area contributed by atoms with Crippen molar-refractivity contribution in [3.63, 3.8) is 0 Å². The number of aryl methyl sites for hydroxylation is 1. The lowest BCUT2D eigenvalue weighted by molar-refractivity contribution is -0.606. The minimum atomic E-state index is 1.29. The molecule has 0 aliphatic carbocycles. The molecule has 0 saturated heterocycles. The van der Waals surface area contributed by atoms with E-state index in [1.54, 1.807) is 11.5 Å². The molecular formula is C17H16NS+. The van der Waals surface area contributed by atoms with E-state index in [4.69, 9.17) is 0 Å². The van der Waals surface area contributed by atoms with E-state index in [9.17, 15) is 0 Å². The van der Waals surface area contributed by atoms with E-state index >= 15 is 0 Å². The van der Waals surface area contributed by atoms with Crippen molar-refractivity contribution in [2.24, 2.45) is 7.05 Å². The maximum absolute atomic E-state index is 2.24. The standard InChI is InChI=1S/C17H16NS/c1-13-16(14-9-5-3-6-10-14)17(19-18(13)2)15-11-7-4-8-12-15/h3-12H,1-2H3/q+1. The van der Waals surface area contributed by atoms with Gasteiger partial charge in [0, 0.05) is 6.92 Å². The minimum Gasteiger partial charge on any atom is -0.140 e. The summed E-state index contributed by atoms with van der Waals surface area (Å²) in [6, 6.07) is 21.2. The molecule has 1 aromatic heterocycles. The Labute approximate surface area is 117 Å². The first-order valence-electron chi connectivity index (χ1n) is 6.38. The van der Waals surface area contributed by atoms with Gasteiger partial charge in [0.25, 0.3) is 0 Å². The van der Waals surface area contributed by atoms with Crippen LogP contribution in [0.4, 0.5) is 0 Å². The molecule has 2 heteroatoms. The third kappa shape index (κ3) is 2.20. The van der Waals surface area contributed by atoms with Gasteiger partial charge in [-0.15, -0.1) is 3.96 Å². The summed E-state index contributed by atoms with van der Waals surface area (Å²) in [5.41, 5.74) is 5.24. The molecule has 0 aliphatic rings. The van der Waals surface area contributed by atoms with Gasteiger partial charge in [-0.2, -0.15) is 0 Å². The van der Waals surface area contributed by atoms with Crippen molar-refractivity contribution in [2.45, 2.75) is 6.92 Å². The summed E-state index contributed by atoms with van der Waals surface area (Å²) in [6.07, 6.45) is 0. The number of rotatable bonds is 2. The monoisotopic (exact) mass is 266 g/mol. The fourth-order valence-electron chi connectivity index (χ4n) is 2.30. The number of nitrogens with zero attached hydrogens (tertiary/aromatic N) is 1. The zero-order valence-corrected chi connectivity index (χ0v) is 11.9. The summed E-state index contributed by atoms with van der Waals surface area (Å²) >= 11 is 1.81. The Morgan fingerprint density at radius 2 is 1.32 bits per heavy atom. The van der Waals surface area contributed by atoms with Gasteiger partial charge < -0.3 is 0 Å². The normalized spacial score (nSPS) is 10.6. The predicted octanol–water partition coefficient (Wildman–Crippen LogP) is 4.22. The molecule has 94 valence electrons. The van der Waals surface area contributed by atoms with Crippen LogP contribution in [-0.4, -0.2) is 0 Å². The molecule has 0 saturated carbocycles. The van der Waals surface area contributed by atoms with Crippen LogP contribution in [0.3, 0.4) is 0 Å². The maximum atomic E-state index is 2.24. The van der Waals surface area contributed by atoms with E-state index in [0.29, 0.717) is 0 Å². The third-order valence-corrected chi connectivity index (χ3v) is 4.56. The van der Waals surface area contributed by atoms with E-state index < -0.39 is 0 Å². The molecule has 1 heterocycles. The molecule has 0 unspecified atom stereocenters. The number of benzene rings is 2. The van der Waals surface area contributed by atoms with Crippen molar-refractivity contribution >= 4 is 11.5 Å². The van der Waals surface area contributed by atoms with Crippen molar-refractivity contribution in [1.82, 2.24) is 0 Å². The Kier molecular flexibility index (Phi) is 3.18. The van der Waals surface area contributed by atoms with Crippen LogP contribution in [-0.2, 0) is 7.05 Å². The summed E-state index contributed by atoms with van der Waals surface area (Å²) in [4.78, 5) is 1.34. The molecule has 0 fully saturated rings. The lowest BCUT2D eigenvalue weighted by atomic mass is 10.0. The van der Waals surface area contributed by atoms with E-state index in [2.05, 4.69) is 78.6 Å². The fourth-order valence-corrected chi connectivity index (χ4v) is 3.40. The molecule has 0 aliphatic heterocycles. The molecule has 0 atom stereocenters. The lowest BCUT2D eigenvalue weighted by Crippen LogP contribution is -2.24. The summed E-state index contributed by atoms with van der Waals surface area (Å²) in [5.74, 6) is 0. The van der Waals surface area contributed by atoms with Gasteiger partial charge in [0.05, 0.1) is 5.56 Å². The van der Waals surface area contributed by atoms with Gasteiger partial charge in [-0.25, -0.2) is 0 Å². The number of aromatic nitrogens is 1. The van der Waals surface area contributed by atoms with Crippen LogP contribution in [0, 0.1) is 6.92 Å². The topological polar surface area (TPSA) is 3.88 Å². The van der Waals surface area contributed by atoms with Crippen molar-refractivity contribution in [3.05, 3.63) is 66.4 Å². The second kappa shape index (κ2) is 4.98. The van der Waals surface area contributed by atoms with E-state index in [0.717, 1.165) is 0 Å². The van der Waals surface area contributed by atoms with Gasteiger partial charge >= 0.3 is 0 Å². The summed E-state index contributed by atoms with van der Waals surface area (Å²) < 4.78 is 2.24. The van der Waals surface area contributed by atoms with E-state index in [-0.39, 0.29) is 0 Å². The largest absolute Gasteiger partial charge is 0.201 e. The number of hydrogen-bond acceptors (Lipinski definition) is 1. The Hall–Kier alpha value is -1.93. The van der Waals surface area contributed by atoms with Crippen molar-refractivity contribution in [3.8, 4) is 21.6 Å². The highest BCUT2D eigenvalue weighted by molar-refractivity contribution is 7.06. The lowest BCUT2D eigenvalue weighted by Gasteiger charge is -2.01. The van der Waals surface area contributed by atoms with Gasteiger partial charge in [-0.3, -0.25) is 0 Å². The molecule has 0 radical (unpaired) electrons. The summed E-state index contributed by atoms with van der Waals surface area (Å²) in [5, 5.41) is 0. The smallest absolute Gasteiger partial charge is 0.140 e. The molecule has 0 amide bonds. The molecule has 3 aromatic rings. The van der Waals surface area contributed by atoms with Gasteiger partial charge in [0.1, 0.15) is 16.4 Å². The zero-order chi connectivity index (χ0) is 13.2. The Morgan fingerprint density at radius 1 is 0.789 bits per heavy atom. The molecule has 19 heavy (non-hydrogen) atoms. The van der Waals surface area contributed by atoms with Crippen LogP contribution in [0.1, 0.15) is 5.69 Å². The quantitative estimate of drug-likeness (QED) is 0.612. The fraction of sp³-hybridized carbons (Fsp3) is 0.118. The number of hydrogen-bond donors (Lipinski definition) is 0. The highest BCUT2D eigenvalue weighted by Crippen LogP contribution is 2.36. The summed E-state index contributed by atoms with van der Waals surface area (Å²) in [7, 11) is 2.12. The third-order valence-electron chi connectivity index (χ3n) is 3.39. The Balaban J connectivity index is 2.25. The minimum absolute atomic E-state index is 1.29. The van der Waals surface area contributed by atoms with Crippen LogP contribution in [0.5, 0.6) is 0 Å². The van der Waals surface area contributed by atoms with E-state index in [1.807, 2.05) is 0 Å². The van der Waals surface area contributed by atoms with Gasteiger partial charge in [0.15, 0.2) is 7.05 Å². The predicted molar refractivity (Wildman–Crippen MR) is 81.1 cm³/mol. The molecule has 0 bridgehead atoms. The van der Waals surface area contributed by atoms with Gasteiger partial charge in [-0.05, 0) is 11.1 Å². The van der Waals surface area contributed by atoms with Crippen molar-refractivity contribution < 1.29 is 3.96 Å². The summed E-state index contributed by atoms with van der Waals surface area (Å²) in [6.45, 7) is 2.19. The van der Waals surface area contributed by atoms with Crippen LogP contribution in [0.15, 0.2) is 60.7 Å². The highest BCUT2D eigenvalue weighted by Gasteiger charge is 2.22. The van der Waals surface area contributed by atoms with E-state index in [1.165, 1.54) is 27.3 Å². The first-order chi connectivity index (χ1) is 9.27. The molecular weight excluding hydrogens is 250 g/mol. The van der Waals surface area contributed by atoms with Gasteiger partial charge in [-0.1, -0.05) is 60.7 Å². The highest BCUT2D eigenvalue weighted by atomic mass is 32.1. The second-order valence-electron chi connectivity index (χ2n) is 4.61. The first kappa shape index (κ1) is 12.1. The Morgan fingerprint density at radius 3 is 1.89 bits per heavy atom. The second-order valence-corrected chi connectivity index (χ2v) is 5.75. The molecule has 0 spiro atoms. The van der Waals surface area contributed by atoms with Crippen LogP contribution >= 0.6 is 11.5 Å². The van der Waals surface area contributed by atoms with Crippen LogP contribution in [0.25, 0.3) is 21.6 Å². The zero-order valence-electron chi connectivity index (χ0n) is 11.1. The SMILES string of the molecule is Cc1c(-c2ccccc2)c(-c2ccccc2)s[n+]1C. The van der Waals surface area contributed by atoms with Crippen molar-refractivity contribution in [1.29, 1.82) is 0 Å². The molecule has 1 nitrogen and oxygen atoms in total. The van der Waals surface area contributed by atoms with Crippen LogP contribution < -0.4 is 3.96 Å². The molecule has 0 N–H and O–H groups in total. The average molecular weight is 266 g/mol. The van der Waals surface area contributed by atoms with Crippen molar-refractivity contribution in [2.75, 3.05) is 0 Å². The Bertz CT molecular complexity index is 684.